The van der Waals surface area contributed by atoms with E-state index in [1.165, 1.54) is 11.1 Å². The van der Waals surface area contributed by atoms with Crippen molar-refractivity contribution in [1.29, 1.82) is 0 Å². The van der Waals surface area contributed by atoms with E-state index in [9.17, 15) is 9.59 Å². The zero-order valence-corrected chi connectivity index (χ0v) is 20.5. The Bertz CT molecular complexity index is 889. The molecule has 168 valence electrons. The van der Waals surface area contributed by atoms with Gasteiger partial charge in [0, 0.05) is 17.8 Å². The van der Waals surface area contributed by atoms with Crippen LogP contribution in [0.4, 0.5) is 0 Å². The fourth-order valence-electron chi connectivity index (χ4n) is 3.48. The molecule has 0 heterocycles. The Hall–Kier alpha value is -2.27. The molecule has 0 aliphatic carbocycles. The van der Waals surface area contributed by atoms with E-state index in [4.69, 9.17) is 0 Å². The highest BCUT2D eigenvalue weighted by Gasteiger charge is 2.30. The lowest BCUT2D eigenvalue weighted by Gasteiger charge is -2.33. The molecule has 1 N–H and O–H groups in total. The summed E-state index contributed by atoms with van der Waals surface area (Å²) in [5.41, 5.74) is 4.31. The van der Waals surface area contributed by atoms with Crippen LogP contribution in [0.1, 0.15) is 56.4 Å². The smallest absolute Gasteiger partial charge is 0.243 e. The zero-order chi connectivity index (χ0) is 23.0. The number of thioether (sulfide) groups is 1. The summed E-state index contributed by atoms with van der Waals surface area (Å²) in [5, 5.41) is 3.05. The van der Waals surface area contributed by atoms with Gasteiger partial charge in [0.15, 0.2) is 0 Å². The zero-order valence-electron chi connectivity index (χ0n) is 19.7. The van der Waals surface area contributed by atoms with Gasteiger partial charge >= 0.3 is 0 Å². The maximum atomic E-state index is 13.3. The number of rotatable bonds is 9. The van der Waals surface area contributed by atoms with Crippen molar-refractivity contribution < 1.29 is 9.59 Å². The molecule has 0 aromatic heterocycles. The van der Waals surface area contributed by atoms with Crippen molar-refractivity contribution in [3.63, 3.8) is 0 Å². The highest BCUT2D eigenvalue weighted by atomic mass is 32.2. The van der Waals surface area contributed by atoms with Gasteiger partial charge in [-0.25, -0.2) is 0 Å². The van der Waals surface area contributed by atoms with Crippen LogP contribution in [-0.4, -0.2) is 34.0 Å². The van der Waals surface area contributed by atoms with E-state index in [0.29, 0.717) is 18.7 Å². The normalized spacial score (nSPS) is 12.3. The minimum Gasteiger partial charge on any atom is -0.350 e. The number of carbonyl (C=O) groups excluding carboxylic acids is 2. The predicted octanol–water partition coefficient (Wildman–Crippen LogP) is 5.26. The standard InChI is InChI=1S/C26H36N2O2S/c1-7-23(25(30)27-26(4,5)6)28(16-21-13-10-11-19(2)15-21)24(29)18-31-17-22-14-9-8-12-20(22)3/h8-15,23H,7,16-18H2,1-6H3,(H,27,30)/t23-/m0/s1. The van der Waals surface area contributed by atoms with E-state index < -0.39 is 6.04 Å². The molecule has 2 aromatic carbocycles. The molecule has 0 radical (unpaired) electrons. The minimum absolute atomic E-state index is 0.00370. The third kappa shape index (κ3) is 8.06. The van der Waals surface area contributed by atoms with Gasteiger partial charge in [0.25, 0.3) is 0 Å². The summed E-state index contributed by atoms with van der Waals surface area (Å²) >= 11 is 1.60. The minimum atomic E-state index is -0.494. The van der Waals surface area contributed by atoms with Crippen LogP contribution in [0.25, 0.3) is 0 Å². The van der Waals surface area contributed by atoms with E-state index in [1.807, 2.05) is 65.0 Å². The van der Waals surface area contributed by atoms with Crippen molar-refractivity contribution in [3.05, 3.63) is 70.8 Å². The largest absolute Gasteiger partial charge is 0.350 e. The third-order valence-electron chi connectivity index (χ3n) is 5.06. The summed E-state index contributed by atoms with van der Waals surface area (Å²) in [6, 6.07) is 15.9. The Morgan fingerprint density at radius 1 is 1.06 bits per heavy atom. The van der Waals surface area contributed by atoms with Gasteiger partial charge in [-0.3, -0.25) is 9.59 Å². The average molecular weight is 441 g/mol. The van der Waals surface area contributed by atoms with Gasteiger partial charge in [0.1, 0.15) is 6.04 Å². The highest BCUT2D eigenvalue weighted by molar-refractivity contribution is 7.99. The molecule has 0 bridgehead atoms. The molecule has 0 unspecified atom stereocenters. The van der Waals surface area contributed by atoms with Gasteiger partial charge in [-0.05, 0) is 57.7 Å². The molecule has 31 heavy (non-hydrogen) atoms. The van der Waals surface area contributed by atoms with Crippen molar-refractivity contribution in [2.24, 2.45) is 0 Å². The van der Waals surface area contributed by atoms with E-state index in [-0.39, 0.29) is 17.4 Å². The number of carbonyl (C=O) groups is 2. The maximum absolute atomic E-state index is 13.3. The molecule has 2 amide bonds. The van der Waals surface area contributed by atoms with Crippen LogP contribution in [0.2, 0.25) is 0 Å². The molecule has 1 atom stereocenters. The molecule has 0 aliphatic rings. The first-order valence-electron chi connectivity index (χ1n) is 10.9. The summed E-state index contributed by atoms with van der Waals surface area (Å²) in [6.45, 7) is 12.4. The van der Waals surface area contributed by atoms with Crippen molar-refractivity contribution in [2.45, 2.75) is 71.8 Å². The van der Waals surface area contributed by atoms with E-state index >= 15 is 0 Å². The summed E-state index contributed by atoms with van der Waals surface area (Å²) in [4.78, 5) is 28.1. The van der Waals surface area contributed by atoms with Crippen LogP contribution in [0.5, 0.6) is 0 Å². The van der Waals surface area contributed by atoms with Crippen molar-refractivity contribution in [1.82, 2.24) is 10.2 Å². The summed E-state index contributed by atoms with van der Waals surface area (Å²) < 4.78 is 0. The summed E-state index contributed by atoms with van der Waals surface area (Å²) in [5.74, 6) is 1.03. The topological polar surface area (TPSA) is 49.4 Å². The monoisotopic (exact) mass is 440 g/mol. The lowest BCUT2D eigenvalue weighted by atomic mass is 10.1. The Kier molecular flexibility index (Phi) is 9.17. The van der Waals surface area contributed by atoms with Crippen LogP contribution in [0.15, 0.2) is 48.5 Å². The number of benzene rings is 2. The maximum Gasteiger partial charge on any atom is 0.243 e. The molecule has 0 aliphatic heterocycles. The van der Waals surface area contributed by atoms with E-state index in [1.54, 1.807) is 16.7 Å². The second kappa shape index (κ2) is 11.4. The van der Waals surface area contributed by atoms with Crippen molar-refractivity contribution >= 4 is 23.6 Å². The third-order valence-corrected chi connectivity index (χ3v) is 6.03. The molecule has 5 heteroatoms. The fourth-order valence-corrected chi connectivity index (χ4v) is 4.47. The Morgan fingerprint density at radius 3 is 2.39 bits per heavy atom. The number of hydrogen-bond acceptors (Lipinski definition) is 3. The Labute approximate surface area is 191 Å². The molecular weight excluding hydrogens is 404 g/mol. The SMILES string of the molecule is CC[C@@H](C(=O)NC(C)(C)C)N(Cc1cccc(C)c1)C(=O)CSCc1ccccc1C. The van der Waals surface area contributed by atoms with E-state index in [2.05, 4.69) is 30.4 Å². The molecular formula is C26H36N2O2S. The molecule has 2 rings (SSSR count). The number of hydrogen-bond donors (Lipinski definition) is 1. The van der Waals surface area contributed by atoms with Crippen molar-refractivity contribution in [3.8, 4) is 0 Å². The molecule has 4 nitrogen and oxygen atoms in total. The average Bonchev–Trinajstić information content (AvgIpc) is 2.68. The first-order chi connectivity index (χ1) is 14.6. The lowest BCUT2D eigenvalue weighted by Crippen LogP contribution is -2.53. The molecule has 0 fully saturated rings. The van der Waals surface area contributed by atoms with Gasteiger partial charge in [-0.2, -0.15) is 0 Å². The molecule has 0 spiro atoms. The first-order valence-corrected chi connectivity index (χ1v) is 12.1. The van der Waals surface area contributed by atoms with Crippen LogP contribution in [-0.2, 0) is 21.9 Å². The van der Waals surface area contributed by atoms with Gasteiger partial charge in [0.05, 0.1) is 5.75 Å². The van der Waals surface area contributed by atoms with Gasteiger partial charge in [0.2, 0.25) is 11.8 Å². The quantitative estimate of drug-likeness (QED) is 0.579. The van der Waals surface area contributed by atoms with Crippen LogP contribution in [0.3, 0.4) is 0 Å². The number of nitrogens with one attached hydrogen (secondary N) is 1. The number of nitrogens with zero attached hydrogens (tertiary/aromatic N) is 1. The van der Waals surface area contributed by atoms with Crippen molar-refractivity contribution in [2.75, 3.05) is 5.75 Å². The molecule has 0 saturated heterocycles. The Balaban J connectivity index is 2.17. The lowest BCUT2D eigenvalue weighted by molar-refractivity contribution is -0.140. The Morgan fingerprint density at radius 2 is 1.77 bits per heavy atom. The van der Waals surface area contributed by atoms with Gasteiger partial charge in [-0.15, -0.1) is 11.8 Å². The van der Waals surface area contributed by atoms with Crippen LogP contribution in [0, 0.1) is 13.8 Å². The second-order valence-corrected chi connectivity index (χ2v) is 10.1. The number of amides is 2. The highest BCUT2D eigenvalue weighted by Crippen LogP contribution is 2.19. The van der Waals surface area contributed by atoms with Crippen LogP contribution >= 0.6 is 11.8 Å². The van der Waals surface area contributed by atoms with Gasteiger partial charge in [-0.1, -0.05) is 61.0 Å². The number of aryl methyl sites for hydroxylation is 2. The first kappa shape index (κ1) is 25.0. The molecule has 2 aromatic rings. The second-order valence-electron chi connectivity index (χ2n) is 9.09. The van der Waals surface area contributed by atoms with E-state index in [0.717, 1.165) is 16.9 Å². The molecule has 0 saturated carbocycles. The fraction of sp³-hybridized carbons (Fsp3) is 0.462. The summed E-state index contributed by atoms with van der Waals surface area (Å²) in [6.07, 6.45) is 0.571. The summed E-state index contributed by atoms with van der Waals surface area (Å²) in [7, 11) is 0. The predicted molar refractivity (Wildman–Crippen MR) is 131 cm³/mol. The van der Waals surface area contributed by atoms with Gasteiger partial charge < -0.3 is 10.2 Å². The van der Waals surface area contributed by atoms with Crippen LogP contribution < -0.4 is 5.32 Å².